The van der Waals surface area contributed by atoms with E-state index in [4.69, 9.17) is 19.9 Å². The molecule has 236 valence electrons. The molecule has 1 fully saturated rings. The average Bonchev–Trinajstić information content (AvgIpc) is 2.93. The molecule has 2 aliphatic heterocycles. The van der Waals surface area contributed by atoms with Crippen LogP contribution in [0.4, 0.5) is 4.79 Å². The monoisotopic (exact) mass is 601 g/mol. The number of nitrogens with zero attached hydrogens (tertiary/aromatic N) is 1. The Kier molecular flexibility index (Phi) is 11.6. The standard InChI is InChI=1S/C31H43N3O9/c1-16-10-21-26(34-14-20(35)15-34)23(36)13-22(28(21)38)33-30(39)17(2)8-7-9-24(41-5)29(43-31(32)40)19(4)12-18(3)27(37)25(11-16)42-6/h7-9,12-13,16,18,20,24-25,27,29,35,37H,10-11,14-15H2,1-6H3,(H2,32,40)(H,33,39)/b9-7+,17-8-,19-12+/t16-,18+,24+,25+,27-,29+/m1/s1. The molecule has 0 aromatic rings. The minimum atomic E-state index is -1.01. The number of fused-ring (bicyclic) bond motifs is 2. The molecular formula is C31H43N3O9. The topological polar surface area (TPSA) is 178 Å². The lowest BCUT2D eigenvalue weighted by Crippen LogP contribution is -2.52. The van der Waals surface area contributed by atoms with Crippen LogP contribution in [-0.4, -0.2) is 96.5 Å². The van der Waals surface area contributed by atoms with Gasteiger partial charge >= 0.3 is 6.09 Å². The summed E-state index contributed by atoms with van der Waals surface area (Å²) < 4.78 is 16.6. The van der Waals surface area contributed by atoms with Crippen molar-refractivity contribution in [2.45, 2.75) is 71.1 Å². The smallest absolute Gasteiger partial charge is 0.405 e. The number of aliphatic hydroxyl groups is 2. The summed E-state index contributed by atoms with van der Waals surface area (Å²) in [4.78, 5) is 53.4. The van der Waals surface area contributed by atoms with Gasteiger partial charge in [0.15, 0.2) is 6.10 Å². The molecule has 5 N–H and O–H groups in total. The Morgan fingerprint density at radius 2 is 1.77 bits per heavy atom. The number of allylic oxidation sites excluding steroid dienone is 4. The average molecular weight is 602 g/mol. The molecule has 12 heteroatoms. The molecule has 0 saturated carbocycles. The summed E-state index contributed by atoms with van der Waals surface area (Å²) in [6.45, 7) is 7.40. The Morgan fingerprint density at radius 3 is 2.35 bits per heavy atom. The van der Waals surface area contributed by atoms with Gasteiger partial charge in [0.1, 0.15) is 6.10 Å². The van der Waals surface area contributed by atoms with Gasteiger partial charge in [0.25, 0.3) is 5.91 Å². The van der Waals surface area contributed by atoms with Crippen molar-refractivity contribution in [2.24, 2.45) is 17.6 Å². The van der Waals surface area contributed by atoms with E-state index in [9.17, 15) is 29.4 Å². The van der Waals surface area contributed by atoms with Crippen LogP contribution in [0.15, 0.2) is 58.5 Å². The molecule has 1 saturated heterocycles. The second-order valence-corrected chi connectivity index (χ2v) is 11.5. The number of methoxy groups -OCH3 is 2. The summed E-state index contributed by atoms with van der Waals surface area (Å²) in [5.74, 6) is -2.18. The first-order valence-electron chi connectivity index (χ1n) is 14.3. The van der Waals surface area contributed by atoms with E-state index in [-0.39, 0.29) is 48.0 Å². The maximum atomic E-state index is 13.7. The van der Waals surface area contributed by atoms with Crippen molar-refractivity contribution >= 4 is 23.6 Å². The zero-order valence-electron chi connectivity index (χ0n) is 25.5. The van der Waals surface area contributed by atoms with Crippen molar-refractivity contribution in [2.75, 3.05) is 27.3 Å². The molecule has 6 atom stereocenters. The predicted octanol–water partition coefficient (Wildman–Crippen LogP) is 1.44. The number of amides is 2. The first kappa shape index (κ1) is 33.9. The highest BCUT2D eigenvalue weighted by Gasteiger charge is 2.38. The molecule has 3 aliphatic rings. The fourth-order valence-corrected chi connectivity index (χ4v) is 5.55. The van der Waals surface area contributed by atoms with Crippen LogP contribution < -0.4 is 11.1 Å². The van der Waals surface area contributed by atoms with E-state index in [0.717, 1.165) is 6.08 Å². The number of ether oxygens (including phenoxy) is 3. The van der Waals surface area contributed by atoms with Crippen LogP contribution >= 0.6 is 0 Å². The Bertz CT molecular complexity index is 1260. The number of β-amino-alcohol motifs (C(OH)–C–C–N with tert-alkyl or cyclic N) is 1. The SMILES string of the molecule is CO[C@H]1/C=C/C=C(/C)C(=O)NC2=CC(=O)C(N3CC(O)C3)=C(C[C@@H](C)C[C@H](OC)[C@H](O)[C@@H](C)/C=C(\C)[C@@H]1OC(N)=O)C2=O. The number of carbonyl (C=O) groups excluding carboxylic acids is 4. The van der Waals surface area contributed by atoms with Crippen LogP contribution in [0.5, 0.6) is 0 Å². The highest BCUT2D eigenvalue weighted by atomic mass is 16.6. The van der Waals surface area contributed by atoms with Crippen molar-refractivity contribution in [3.05, 3.63) is 58.5 Å². The van der Waals surface area contributed by atoms with Gasteiger partial charge in [-0.25, -0.2) is 4.79 Å². The summed E-state index contributed by atoms with van der Waals surface area (Å²) in [6, 6.07) is 0. The van der Waals surface area contributed by atoms with Crippen molar-refractivity contribution in [3.63, 3.8) is 0 Å². The van der Waals surface area contributed by atoms with Crippen LogP contribution in [0.3, 0.4) is 0 Å². The highest BCUT2D eigenvalue weighted by Crippen LogP contribution is 2.32. The maximum Gasteiger partial charge on any atom is 0.405 e. The van der Waals surface area contributed by atoms with Gasteiger partial charge in [-0.05, 0) is 38.2 Å². The third-order valence-corrected chi connectivity index (χ3v) is 7.94. The maximum absolute atomic E-state index is 13.7. The number of Topliss-reactive ketones (excluding diaryl/α,β-unsaturated/α-hetero) is 1. The molecule has 0 unspecified atom stereocenters. The minimum Gasteiger partial charge on any atom is -0.439 e. The van der Waals surface area contributed by atoms with Crippen LogP contribution in [0.25, 0.3) is 0 Å². The molecule has 2 heterocycles. The van der Waals surface area contributed by atoms with Crippen LogP contribution in [-0.2, 0) is 28.6 Å². The van der Waals surface area contributed by atoms with Crippen LogP contribution in [0, 0.1) is 11.8 Å². The molecule has 2 amide bonds. The number of likely N-dealkylation sites (tertiary alicyclic amines) is 1. The fraction of sp³-hybridized carbons (Fsp3) is 0.548. The van der Waals surface area contributed by atoms with Gasteiger partial charge in [-0.1, -0.05) is 38.2 Å². The van der Waals surface area contributed by atoms with Crippen LogP contribution in [0.2, 0.25) is 0 Å². The van der Waals surface area contributed by atoms with E-state index in [0.29, 0.717) is 12.0 Å². The Morgan fingerprint density at radius 1 is 1.09 bits per heavy atom. The van der Waals surface area contributed by atoms with Gasteiger partial charge < -0.3 is 40.4 Å². The summed E-state index contributed by atoms with van der Waals surface area (Å²) in [7, 11) is 2.91. The zero-order valence-corrected chi connectivity index (χ0v) is 25.5. The number of rotatable bonds is 4. The van der Waals surface area contributed by atoms with Crippen molar-refractivity contribution in [1.29, 1.82) is 0 Å². The predicted molar refractivity (Wildman–Crippen MR) is 157 cm³/mol. The fourth-order valence-electron chi connectivity index (χ4n) is 5.55. The summed E-state index contributed by atoms with van der Waals surface area (Å²) >= 11 is 0. The first-order chi connectivity index (χ1) is 20.3. The lowest BCUT2D eigenvalue weighted by atomic mass is 9.84. The third kappa shape index (κ3) is 8.29. The van der Waals surface area contributed by atoms with Gasteiger partial charge in [0.2, 0.25) is 11.6 Å². The molecule has 2 bridgehead atoms. The molecule has 0 aromatic heterocycles. The number of hydrogen-bond acceptors (Lipinski definition) is 10. The van der Waals surface area contributed by atoms with Gasteiger partial charge in [0.05, 0.1) is 29.7 Å². The number of hydrogen-bond donors (Lipinski definition) is 4. The van der Waals surface area contributed by atoms with Crippen LogP contribution in [0.1, 0.15) is 40.5 Å². The number of primary amides is 1. The van der Waals surface area contributed by atoms with Gasteiger partial charge in [-0.3, -0.25) is 14.4 Å². The second kappa shape index (κ2) is 14.7. The molecule has 0 radical (unpaired) electrons. The molecule has 43 heavy (non-hydrogen) atoms. The lowest BCUT2D eigenvalue weighted by Gasteiger charge is -2.40. The van der Waals surface area contributed by atoms with Gasteiger partial charge in [-0.15, -0.1) is 0 Å². The number of nitrogens with one attached hydrogen (secondary N) is 1. The number of ketones is 2. The molecular weight excluding hydrogens is 558 g/mol. The normalized spacial score (nSPS) is 33.4. The summed E-state index contributed by atoms with van der Waals surface area (Å²) in [5, 5.41) is 23.7. The Labute approximate surface area is 251 Å². The van der Waals surface area contributed by atoms with E-state index in [1.807, 2.05) is 6.92 Å². The Hall–Kier alpha value is -3.58. The Balaban J connectivity index is 2.07. The summed E-state index contributed by atoms with van der Waals surface area (Å²) in [5.41, 5.74) is 6.48. The molecule has 0 aromatic carbocycles. The van der Waals surface area contributed by atoms with Gasteiger partial charge in [-0.2, -0.15) is 0 Å². The molecule has 3 rings (SSSR count). The second-order valence-electron chi connectivity index (χ2n) is 11.5. The first-order valence-corrected chi connectivity index (χ1v) is 14.3. The molecule has 1 aliphatic carbocycles. The van der Waals surface area contributed by atoms with E-state index in [1.165, 1.54) is 20.3 Å². The number of carbonyl (C=O) groups is 4. The number of nitrogens with two attached hydrogens (primary N) is 1. The zero-order chi connectivity index (χ0) is 32.0. The highest BCUT2D eigenvalue weighted by molar-refractivity contribution is 6.23. The van der Waals surface area contributed by atoms with E-state index >= 15 is 0 Å². The van der Waals surface area contributed by atoms with E-state index in [1.54, 1.807) is 43.9 Å². The third-order valence-electron chi connectivity index (χ3n) is 7.94. The largest absolute Gasteiger partial charge is 0.439 e. The van der Waals surface area contributed by atoms with Crippen molar-refractivity contribution < 1.29 is 43.6 Å². The number of aliphatic hydroxyl groups excluding tert-OH is 2. The van der Waals surface area contributed by atoms with E-state index < -0.39 is 60.0 Å². The minimum absolute atomic E-state index is 0.141. The van der Waals surface area contributed by atoms with E-state index in [2.05, 4.69) is 5.32 Å². The summed E-state index contributed by atoms with van der Waals surface area (Å²) in [6.07, 6.45) is 3.09. The lowest BCUT2D eigenvalue weighted by molar-refractivity contribution is -0.121. The van der Waals surface area contributed by atoms with Gasteiger partial charge in [0, 0.05) is 50.4 Å². The molecule has 12 nitrogen and oxygen atoms in total. The van der Waals surface area contributed by atoms with Crippen molar-refractivity contribution in [1.82, 2.24) is 10.2 Å². The molecule has 0 spiro atoms. The quantitative estimate of drug-likeness (QED) is 0.272. The van der Waals surface area contributed by atoms with Crippen molar-refractivity contribution in [3.8, 4) is 0 Å².